The summed E-state index contributed by atoms with van der Waals surface area (Å²) in [7, 11) is 0. The second kappa shape index (κ2) is 5.96. The molecule has 2 aromatic rings. The molecule has 0 fully saturated rings. The fraction of sp³-hybridized carbons (Fsp3) is 0.294. The first-order valence-electron chi connectivity index (χ1n) is 6.53. The first kappa shape index (κ1) is 15.0. The van der Waals surface area contributed by atoms with Gasteiger partial charge < -0.3 is 4.74 Å². The molecule has 0 spiro atoms. The van der Waals surface area contributed by atoms with Crippen LogP contribution in [0.2, 0.25) is 0 Å². The van der Waals surface area contributed by atoms with Gasteiger partial charge in [-0.15, -0.1) is 0 Å². The van der Waals surface area contributed by atoms with Crippen molar-refractivity contribution in [2.45, 2.75) is 31.5 Å². The van der Waals surface area contributed by atoms with E-state index in [1.54, 1.807) is 6.07 Å². The highest BCUT2D eigenvalue weighted by Crippen LogP contribution is 2.34. The Morgan fingerprint density at radius 2 is 1.75 bits per heavy atom. The van der Waals surface area contributed by atoms with E-state index in [9.17, 15) is 4.39 Å². The summed E-state index contributed by atoms with van der Waals surface area (Å²) >= 11 is 3.31. The Morgan fingerprint density at radius 3 is 2.35 bits per heavy atom. The topological polar surface area (TPSA) is 9.23 Å². The SMILES string of the molecule is CC(C)(C)c1ccccc1Oc1ccc(CBr)cc1F. The average molecular weight is 337 g/mol. The van der Waals surface area contributed by atoms with Crippen LogP contribution in [-0.2, 0) is 10.7 Å². The highest BCUT2D eigenvalue weighted by molar-refractivity contribution is 9.08. The molecule has 0 bridgehead atoms. The van der Waals surface area contributed by atoms with Crippen LogP contribution in [0.5, 0.6) is 11.5 Å². The molecule has 0 radical (unpaired) electrons. The summed E-state index contributed by atoms with van der Waals surface area (Å²) in [6, 6.07) is 12.8. The van der Waals surface area contributed by atoms with E-state index in [4.69, 9.17) is 4.74 Å². The van der Waals surface area contributed by atoms with Crippen molar-refractivity contribution >= 4 is 15.9 Å². The zero-order valence-corrected chi connectivity index (χ0v) is 13.5. The molecular formula is C17H18BrFO. The van der Waals surface area contributed by atoms with Crippen LogP contribution in [0.25, 0.3) is 0 Å². The molecule has 2 aromatic carbocycles. The fourth-order valence-electron chi connectivity index (χ4n) is 2.00. The number of ether oxygens (including phenoxy) is 1. The second-order valence-corrected chi connectivity index (χ2v) is 6.31. The van der Waals surface area contributed by atoms with Crippen molar-refractivity contribution in [3.05, 3.63) is 59.4 Å². The van der Waals surface area contributed by atoms with Gasteiger partial charge in [-0.3, -0.25) is 0 Å². The predicted molar refractivity (Wildman–Crippen MR) is 84.2 cm³/mol. The summed E-state index contributed by atoms with van der Waals surface area (Å²) in [5, 5.41) is 0.628. The number of para-hydroxylation sites is 1. The Labute approximate surface area is 127 Å². The molecule has 0 saturated carbocycles. The lowest BCUT2D eigenvalue weighted by Gasteiger charge is -2.22. The largest absolute Gasteiger partial charge is 0.454 e. The summed E-state index contributed by atoms with van der Waals surface area (Å²) < 4.78 is 19.8. The maximum atomic E-state index is 14.0. The molecule has 2 rings (SSSR count). The molecule has 0 aliphatic heterocycles. The summed E-state index contributed by atoms with van der Waals surface area (Å²) in [5.74, 6) is 0.613. The van der Waals surface area contributed by atoms with E-state index in [2.05, 4.69) is 36.7 Å². The van der Waals surface area contributed by atoms with Crippen LogP contribution in [0, 0.1) is 5.82 Å². The van der Waals surface area contributed by atoms with Gasteiger partial charge in [0.15, 0.2) is 11.6 Å². The molecular weight excluding hydrogens is 319 g/mol. The zero-order valence-electron chi connectivity index (χ0n) is 11.9. The first-order valence-corrected chi connectivity index (χ1v) is 7.65. The third-order valence-electron chi connectivity index (χ3n) is 3.07. The Bertz CT molecular complexity index is 602. The highest BCUT2D eigenvalue weighted by atomic mass is 79.9. The van der Waals surface area contributed by atoms with Crippen molar-refractivity contribution in [1.82, 2.24) is 0 Å². The van der Waals surface area contributed by atoms with Crippen LogP contribution in [0.4, 0.5) is 4.39 Å². The van der Waals surface area contributed by atoms with Gasteiger partial charge in [-0.1, -0.05) is 61.0 Å². The van der Waals surface area contributed by atoms with E-state index < -0.39 is 0 Å². The van der Waals surface area contributed by atoms with Crippen molar-refractivity contribution < 1.29 is 9.13 Å². The molecule has 0 atom stereocenters. The quantitative estimate of drug-likeness (QED) is 0.642. The Morgan fingerprint density at radius 1 is 1.05 bits per heavy atom. The van der Waals surface area contributed by atoms with Crippen LogP contribution in [0.15, 0.2) is 42.5 Å². The molecule has 0 saturated heterocycles. The smallest absolute Gasteiger partial charge is 0.166 e. The minimum Gasteiger partial charge on any atom is -0.454 e. The van der Waals surface area contributed by atoms with E-state index in [1.165, 1.54) is 6.07 Å². The standard InChI is InChI=1S/C17H18BrFO/c1-17(2,3)13-6-4-5-7-15(13)20-16-9-8-12(11-18)10-14(16)19/h4-10H,11H2,1-3H3. The number of benzene rings is 2. The third kappa shape index (κ3) is 3.40. The highest BCUT2D eigenvalue weighted by Gasteiger charge is 2.19. The van der Waals surface area contributed by atoms with Crippen molar-refractivity contribution in [3.63, 3.8) is 0 Å². The summed E-state index contributed by atoms with van der Waals surface area (Å²) in [6.45, 7) is 6.33. The van der Waals surface area contributed by atoms with Gasteiger partial charge in [-0.05, 0) is 29.2 Å². The van der Waals surface area contributed by atoms with Crippen LogP contribution >= 0.6 is 15.9 Å². The van der Waals surface area contributed by atoms with Gasteiger partial charge in [0.2, 0.25) is 0 Å². The van der Waals surface area contributed by atoms with Crippen LogP contribution < -0.4 is 4.74 Å². The van der Waals surface area contributed by atoms with Crippen LogP contribution in [0.1, 0.15) is 31.9 Å². The number of alkyl halides is 1. The molecule has 0 aromatic heterocycles. The maximum Gasteiger partial charge on any atom is 0.166 e. The minimum atomic E-state index is -0.342. The average Bonchev–Trinajstić information content (AvgIpc) is 2.40. The van der Waals surface area contributed by atoms with Gasteiger partial charge in [0.1, 0.15) is 5.75 Å². The van der Waals surface area contributed by atoms with Crippen molar-refractivity contribution in [2.24, 2.45) is 0 Å². The Hall–Kier alpha value is -1.35. The Balaban J connectivity index is 2.36. The summed E-state index contributed by atoms with van der Waals surface area (Å²) in [4.78, 5) is 0. The number of rotatable bonds is 3. The molecule has 20 heavy (non-hydrogen) atoms. The molecule has 0 aliphatic rings. The number of hydrogen-bond donors (Lipinski definition) is 0. The molecule has 1 nitrogen and oxygen atoms in total. The van der Waals surface area contributed by atoms with Gasteiger partial charge in [0.25, 0.3) is 0 Å². The zero-order chi connectivity index (χ0) is 14.8. The maximum absolute atomic E-state index is 14.0. The number of hydrogen-bond acceptors (Lipinski definition) is 1. The van der Waals surface area contributed by atoms with E-state index >= 15 is 0 Å². The summed E-state index contributed by atoms with van der Waals surface area (Å²) in [5.41, 5.74) is 1.89. The van der Waals surface area contributed by atoms with Gasteiger partial charge in [0.05, 0.1) is 0 Å². The van der Waals surface area contributed by atoms with Gasteiger partial charge in [0, 0.05) is 10.9 Å². The predicted octanol–water partition coefficient (Wildman–Crippen LogP) is 5.81. The van der Waals surface area contributed by atoms with Gasteiger partial charge in [-0.2, -0.15) is 0 Å². The number of halogens is 2. The molecule has 0 N–H and O–H groups in total. The minimum absolute atomic E-state index is 0.0527. The van der Waals surface area contributed by atoms with Crippen LogP contribution in [0.3, 0.4) is 0 Å². The van der Waals surface area contributed by atoms with Crippen LogP contribution in [-0.4, -0.2) is 0 Å². The van der Waals surface area contributed by atoms with E-state index in [1.807, 2.05) is 30.3 Å². The monoisotopic (exact) mass is 336 g/mol. The van der Waals surface area contributed by atoms with E-state index in [-0.39, 0.29) is 17.0 Å². The van der Waals surface area contributed by atoms with E-state index in [0.29, 0.717) is 11.1 Å². The van der Waals surface area contributed by atoms with E-state index in [0.717, 1.165) is 11.1 Å². The van der Waals surface area contributed by atoms with Gasteiger partial charge >= 0.3 is 0 Å². The Kier molecular flexibility index (Phi) is 4.48. The first-order chi connectivity index (χ1) is 9.41. The third-order valence-corrected chi connectivity index (χ3v) is 3.71. The lowest BCUT2D eigenvalue weighted by Crippen LogP contribution is -2.12. The molecule has 0 aliphatic carbocycles. The normalized spacial score (nSPS) is 11.4. The fourth-order valence-corrected chi connectivity index (χ4v) is 2.35. The second-order valence-electron chi connectivity index (χ2n) is 5.75. The molecule has 0 heterocycles. The lowest BCUT2D eigenvalue weighted by atomic mass is 9.86. The molecule has 0 amide bonds. The summed E-state index contributed by atoms with van der Waals surface area (Å²) in [6.07, 6.45) is 0. The lowest BCUT2D eigenvalue weighted by molar-refractivity contribution is 0.424. The van der Waals surface area contributed by atoms with Crippen molar-refractivity contribution in [3.8, 4) is 11.5 Å². The molecule has 106 valence electrons. The van der Waals surface area contributed by atoms with Gasteiger partial charge in [-0.25, -0.2) is 4.39 Å². The molecule has 3 heteroatoms. The molecule has 0 unspecified atom stereocenters. The van der Waals surface area contributed by atoms with Crippen molar-refractivity contribution in [2.75, 3.05) is 0 Å². The van der Waals surface area contributed by atoms with Crippen molar-refractivity contribution in [1.29, 1.82) is 0 Å².